The van der Waals surface area contributed by atoms with E-state index in [1.165, 1.54) is 35.6 Å². The highest BCUT2D eigenvalue weighted by Crippen LogP contribution is 2.31. The summed E-state index contributed by atoms with van der Waals surface area (Å²) in [5.41, 5.74) is 0.349. The first-order valence-electron chi connectivity index (χ1n) is 8.63. The molecule has 27 heavy (non-hydrogen) atoms. The Kier molecular flexibility index (Phi) is 6.68. The number of carbonyl (C=O) groups is 2. The van der Waals surface area contributed by atoms with Crippen molar-refractivity contribution in [2.45, 2.75) is 38.1 Å². The molecule has 1 heterocycles. The van der Waals surface area contributed by atoms with Gasteiger partial charge in [0.1, 0.15) is 21.7 Å². The molecule has 1 aromatic carbocycles. The standard InChI is InChI=1S/C18H18Cl2FN3O2S/c19-15-16(23-27-17(15)20)18(26)24(13-8-6-11(21)7-9-13)10-14(25)22-12-4-2-1-3-5-12/h6-9,12H,1-5,10H2,(H,22,25). The smallest absolute Gasteiger partial charge is 0.280 e. The third kappa shape index (κ3) is 4.97. The summed E-state index contributed by atoms with van der Waals surface area (Å²) in [5, 5.41) is 3.02. The molecule has 1 aromatic heterocycles. The Labute approximate surface area is 170 Å². The topological polar surface area (TPSA) is 62.3 Å². The second-order valence-corrected chi connectivity index (χ2v) is 8.14. The van der Waals surface area contributed by atoms with Gasteiger partial charge in [-0.2, -0.15) is 4.37 Å². The van der Waals surface area contributed by atoms with Crippen LogP contribution in [0.4, 0.5) is 10.1 Å². The first-order chi connectivity index (χ1) is 13.0. The van der Waals surface area contributed by atoms with Crippen molar-refractivity contribution in [3.05, 3.63) is 45.1 Å². The molecule has 0 unspecified atom stereocenters. The zero-order chi connectivity index (χ0) is 19.4. The zero-order valence-electron chi connectivity index (χ0n) is 14.4. The van der Waals surface area contributed by atoms with Crippen LogP contribution in [0.5, 0.6) is 0 Å². The van der Waals surface area contributed by atoms with Gasteiger partial charge < -0.3 is 5.32 Å². The predicted molar refractivity (Wildman–Crippen MR) is 105 cm³/mol. The van der Waals surface area contributed by atoms with Crippen LogP contribution in [0.25, 0.3) is 0 Å². The fourth-order valence-electron chi connectivity index (χ4n) is 3.08. The highest BCUT2D eigenvalue weighted by atomic mass is 35.5. The van der Waals surface area contributed by atoms with Gasteiger partial charge in [0, 0.05) is 11.7 Å². The number of carbonyl (C=O) groups excluding carboxylic acids is 2. The number of aromatic nitrogens is 1. The first-order valence-corrected chi connectivity index (χ1v) is 10.2. The van der Waals surface area contributed by atoms with Gasteiger partial charge >= 0.3 is 0 Å². The number of anilines is 1. The van der Waals surface area contributed by atoms with E-state index in [-0.39, 0.29) is 33.5 Å². The monoisotopic (exact) mass is 429 g/mol. The van der Waals surface area contributed by atoms with Crippen molar-refractivity contribution in [1.82, 2.24) is 9.69 Å². The van der Waals surface area contributed by atoms with Crippen LogP contribution < -0.4 is 10.2 Å². The van der Waals surface area contributed by atoms with Crippen LogP contribution in [-0.4, -0.2) is 28.8 Å². The number of benzene rings is 1. The van der Waals surface area contributed by atoms with Gasteiger partial charge in [0.15, 0.2) is 5.69 Å². The van der Waals surface area contributed by atoms with E-state index < -0.39 is 11.7 Å². The highest BCUT2D eigenvalue weighted by molar-refractivity contribution is 7.11. The molecule has 3 rings (SSSR count). The second-order valence-electron chi connectivity index (χ2n) is 6.39. The molecule has 2 aromatic rings. The van der Waals surface area contributed by atoms with Gasteiger partial charge in [-0.25, -0.2) is 4.39 Å². The third-order valence-corrected chi connectivity index (χ3v) is 6.07. The predicted octanol–water partition coefficient (Wildman–Crippen LogP) is 4.68. The summed E-state index contributed by atoms with van der Waals surface area (Å²) >= 11 is 12.9. The van der Waals surface area contributed by atoms with E-state index in [1.54, 1.807) is 0 Å². The van der Waals surface area contributed by atoms with E-state index in [0.717, 1.165) is 37.2 Å². The Morgan fingerprint density at radius 3 is 2.44 bits per heavy atom. The van der Waals surface area contributed by atoms with Crippen LogP contribution in [0.15, 0.2) is 24.3 Å². The molecule has 0 radical (unpaired) electrons. The SMILES string of the molecule is O=C(CN(C(=O)c1nsc(Cl)c1Cl)c1ccc(F)cc1)NC1CCCCC1. The van der Waals surface area contributed by atoms with Gasteiger partial charge in [-0.1, -0.05) is 42.5 Å². The highest BCUT2D eigenvalue weighted by Gasteiger charge is 2.27. The van der Waals surface area contributed by atoms with Crippen molar-refractivity contribution in [2.24, 2.45) is 0 Å². The van der Waals surface area contributed by atoms with E-state index in [4.69, 9.17) is 23.2 Å². The molecular formula is C18H18Cl2FN3O2S. The lowest BCUT2D eigenvalue weighted by atomic mass is 9.95. The average molecular weight is 430 g/mol. The lowest BCUT2D eigenvalue weighted by molar-refractivity contribution is -0.120. The van der Waals surface area contributed by atoms with Crippen LogP contribution in [-0.2, 0) is 4.79 Å². The Morgan fingerprint density at radius 2 is 1.85 bits per heavy atom. The van der Waals surface area contributed by atoms with Gasteiger partial charge in [-0.15, -0.1) is 0 Å². The molecule has 0 saturated heterocycles. The third-order valence-electron chi connectivity index (χ3n) is 4.46. The van der Waals surface area contributed by atoms with E-state index in [2.05, 4.69) is 9.69 Å². The molecule has 0 bridgehead atoms. The average Bonchev–Trinajstić information content (AvgIpc) is 3.00. The molecule has 0 aliphatic heterocycles. The zero-order valence-corrected chi connectivity index (χ0v) is 16.7. The fourth-order valence-corrected chi connectivity index (χ4v) is 4.07. The largest absolute Gasteiger partial charge is 0.352 e. The van der Waals surface area contributed by atoms with Crippen LogP contribution in [0.3, 0.4) is 0 Å². The maximum Gasteiger partial charge on any atom is 0.280 e. The van der Waals surface area contributed by atoms with Crippen molar-refractivity contribution in [3.8, 4) is 0 Å². The number of nitrogens with one attached hydrogen (secondary N) is 1. The Balaban J connectivity index is 1.81. The molecule has 144 valence electrons. The number of hydrogen-bond donors (Lipinski definition) is 1. The maximum absolute atomic E-state index is 13.3. The normalized spacial score (nSPS) is 14.8. The minimum Gasteiger partial charge on any atom is -0.352 e. The minimum absolute atomic E-state index is 0.0264. The van der Waals surface area contributed by atoms with E-state index in [9.17, 15) is 14.0 Å². The summed E-state index contributed by atoms with van der Waals surface area (Å²) in [4.78, 5) is 26.7. The van der Waals surface area contributed by atoms with Gasteiger partial charge in [-0.05, 0) is 48.6 Å². The van der Waals surface area contributed by atoms with Crippen molar-refractivity contribution in [1.29, 1.82) is 0 Å². The van der Waals surface area contributed by atoms with E-state index in [1.807, 2.05) is 0 Å². The van der Waals surface area contributed by atoms with Gasteiger partial charge in [0.2, 0.25) is 5.91 Å². The fraction of sp³-hybridized carbons (Fsp3) is 0.389. The molecule has 2 amide bonds. The number of amides is 2. The molecule has 1 fully saturated rings. The molecule has 1 aliphatic rings. The van der Waals surface area contributed by atoms with E-state index >= 15 is 0 Å². The van der Waals surface area contributed by atoms with Gasteiger partial charge in [0.05, 0.1) is 0 Å². The molecule has 1 N–H and O–H groups in total. The summed E-state index contributed by atoms with van der Waals surface area (Å²) in [7, 11) is 0. The van der Waals surface area contributed by atoms with Crippen LogP contribution >= 0.6 is 34.7 Å². The Hall–Kier alpha value is -1.70. The van der Waals surface area contributed by atoms with Crippen molar-refractivity contribution in [2.75, 3.05) is 11.4 Å². The summed E-state index contributed by atoms with van der Waals surface area (Å²) in [6.45, 7) is -0.216. The summed E-state index contributed by atoms with van der Waals surface area (Å²) in [5.74, 6) is -1.28. The van der Waals surface area contributed by atoms with E-state index in [0.29, 0.717) is 5.69 Å². The van der Waals surface area contributed by atoms with Crippen molar-refractivity contribution >= 4 is 52.2 Å². The number of nitrogens with zero attached hydrogens (tertiary/aromatic N) is 2. The molecule has 1 saturated carbocycles. The molecule has 5 nitrogen and oxygen atoms in total. The lowest BCUT2D eigenvalue weighted by Crippen LogP contribution is -2.45. The van der Waals surface area contributed by atoms with Crippen molar-refractivity contribution in [3.63, 3.8) is 0 Å². The first kappa shape index (κ1) is 20.0. The Bertz CT molecular complexity index is 823. The van der Waals surface area contributed by atoms with Crippen LogP contribution in [0.2, 0.25) is 9.36 Å². The number of halogens is 3. The maximum atomic E-state index is 13.3. The molecule has 1 aliphatic carbocycles. The molecule has 0 spiro atoms. The summed E-state index contributed by atoms with van der Waals surface area (Å²) in [6.07, 6.45) is 5.21. The molecule has 9 heteroatoms. The lowest BCUT2D eigenvalue weighted by Gasteiger charge is -2.26. The Morgan fingerprint density at radius 1 is 1.19 bits per heavy atom. The number of hydrogen-bond acceptors (Lipinski definition) is 4. The quantitative estimate of drug-likeness (QED) is 0.749. The van der Waals surface area contributed by atoms with Gasteiger partial charge in [0.25, 0.3) is 5.91 Å². The van der Waals surface area contributed by atoms with Crippen LogP contribution in [0, 0.1) is 5.82 Å². The summed E-state index contributed by atoms with van der Waals surface area (Å²) < 4.78 is 17.5. The molecule has 0 atom stereocenters. The minimum atomic E-state index is -0.562. The van der Waals surface area contributed by atoms with Crippen molar-refractivity contribution < 1.29 is 14.0 Å². The van der Waals surface area contributed by atoms with Crippen LogP contribution in [0.1, 0.15) is 42.6 Å². The second kappa shape index (κ2) is 8.99. The molecular weight excluding hydrogens is 412 g/mol. The van der Waals surface area contributed by atoms with Gasteiger partial charge in [-0.3, -0.25) is 14.5 Å². The number of rotatable bonds is 5. The summed E-state index contributed by atoms with van der Waals surface area (Å²) in [6, 6.07) is 5.44.